The van der Waals surface area contributed by atoms with Gasteiger partial charge in [0, 0.05) is 6.61 Å². The van der Waals surface area contributed by atoms with Crippen molar-refractivity contribution in [3.8, 4) is 0 Å². The number of hydrogen-bond donors (Lipinski definition) is 1. The molecule has 2 aliphatic heterocycles. The third kappa shape index (κ3) is 1.88. The maximum absolute atomic E-state index is 12.6. The molecule has 1 saturated carbocycles. The summed E-state index contributed by atoms with van der Waals surface area (Å²) in [5.41, 5.74) is 0. The van der Waals surface area contributed by atoms with Crippen LogP contribution in [0, 0.1) is 5.92 Å². The zero-order valence-corrected chi connectivity index (χ0v) is 9.19. The minimum Gasteiger partial charge on any atom is -0.376 e. The van der Waals surface area contributed by atoms with Gasteiger partial charge in [-0.15, -0.1) is 0 Å². The molecule has 90 valence electrons. The Bertz CT molecular complexity index is 290. The van der Waals surface area contributed by atoms with Crippen molar-refractivity contribution in [2.45, 2.75) is 37.6 Å². The maximum Gasteiger partial charge on any atom is 0.317 e. The highest BCUT2D eigenvalue weighted by molar-refractivity contribution is 5.75. The zero-order valence-electron chi connectivity index (χ0n) is 9.19. The first-order valence-corrected chi connectivity index (χ1v) is 6.05. The predicted molar refractivity (Wildman–Crippen MR) is 55.9 cm³/mol. The molecule has 4 nitrogen and oxygen atoms in total. The highest BCUT2D eigenvalue weighted by atomic mass is 19.1. The van der Waals surface area contributed by atoms with Gasteiger partial charge in [-0.2, -0.15) is 0 Å². The van der Waals surface area contributed by atoms with Gasteiger partial charge in [-0.25, -0.2) is 9.18 Å². The van der Waals surface area contributed by atoms with Crippen molar-refractivity contribution in [2.75, 3.05) is 19.7 Å². The molecule has 16 heavy (non-hydrogen) atoms. The number of likely N-dealkylation sites (tertiary alicyclic amines) is 1. The number of nitrogens with zero attached hydrogens (tertiary/aromatic N) is 1. The summed E-state index contributed by atoms with van der Waals surface area (Å²) in [6, 6.07) is 0.00807. The lowest BCUT2D eigenvalue weighted by Gasteiger charge is -2.35. The molecule has 2 unspecified atom stereocenters. The van der Waals surface area contributed by atoms with Gasteiger partial charge in [-0.05, 0) is 25.2 Å². The van der Waals surface area contributed by atoms with E-state index in [9.17, 15) is 9.18 Å². The van der Waals surface area contributed by atoms with Crippen molar-refractivity contribution in [2.24, 2.45) is 5.92 Å². The molecular weight excluding hydrogens is 211 g/mol. The second kappa shape index (κ2) is 3.87. The molecule has 3 rings (SSSR count). The number of carbonyl (C=O) groups excluding carboxylic acids is 1. The summed E-state index contributed by atoms with van der Waals surface area (Å²) < 4.78 is 18.2. The number of amides is 2. The van der Waals surface area contributed by atoms with Gasteiger partial charge in [0.15, 0.2) is 0 Å². The molecule has 0 aromatic carbocycles. The minimum atomic E-state index is -0.829. The first-order chi connectivity index (χ1) is 7.74. The van der Waals surface area contributed by atoms with Crippen LogP contribution in [0.3, 0.4) is 0 Å². The SMILES string of the molecule is O=C(NC1CCOC1C1CC1)N1CC(F)C1. The van der Waals surface area contributed by atoms with E-state index in [4.69, 9.17) is 4.74 Å². The number of rotatable bonds is 2. The molecule has 2 saturated heterocycles. The van der Waals surface area contributed by atoms with Crippen LogP contribution in [-0.2, 0) is 4.74 Å². The van der Waals surface area contributed by atoms with Crippen LogP contribution in [0.2, 0.25) is 0 Å². The zero-order chi connectivity index (χ0) is 11.1. The quantitative estimate of drug-likeness (QED) is 0.763. The van der Waals surface area contributed by atoms with Gasteiger partial charge < -0.3 is 15.0 Å². The topological polar surface area (TPSA) is 41.6 Å². The third-order valence-electron chi connectivity index (χ3n) is 3.66. The molecule has 3 fully saturated rings. The molecule has 0 spiro atoms. The molecule has 2 heterocycles. The van der Waals surface area contributed by atoms with E-state index >= 15 is 0 Å². The van der Waals surface area contributed by atoms with Gasteiger partial charge >= 0.3 is 6.03 Å². The number of alkyl halides is 1. The van der Waals surface area contributed by atoms with Gasteiger partial charge in [0.1, 0.15) is 6.17 Å². The van der Waals surface area contributed by atoms with Gasteiger partial charge in [0.25, 0.3) is 0 Å². The van der Waals surface area contributed by atoms with Crippen molar-refractivity contribution in [1.29, 1.82) is 0 Å². The van der Waals surface area contributed by atoms with Gasteiger partial charge in [-0.3, -0.25) is 0 Å². The number of hydrogen-bond acceptors (Lipinski definition) is 2. The van der Waals surface area contributed by atoms with E-state index in [2.05, 4.69) is 5.32 Å². The number of halogens is 1. The molecule has 2 amide bonds. The first kappa shape index (κ1) is 10.3. The molecule has 0 radical (unpaired) electrons. The highest BCUT2D eigenvalue weighted by Gasteiger charge is 2.42. The van der Waals surface area contributed by atoms with E-state index in [1.807, 2.05) is 0 Å². The van der Waals surface area contributed by atoms with Crippen LogP contribution in [0.15, 0.2) is 0 Å². The molecule has 0 bridgehead atoms. The van der Waals surface area contributed by atoms with Crippen molar-refractivity contribution in [3.63, 3.8) is 0 Å². The fraction of sp³-hybridized carbons (Fsp3) is 0.909. The normalized spacial score (nSPS) is 34.9. The average Bonchev–Trinajstić information content (AvgIpc) is 2.96. The Hall–Kier alpha value is -0.840. The fourth-order valence-corrected chi connectivity index (χ4v) is 2.50. The smallest absolute Gasteiger partial charge is 0.317 e. The van der Waals surface area contributed by atoms with E-state index in [-0.39, 0.29) is 31.3 Å². The van der Waals surface area contributed by atoms with Gasteiger partial charge in [0.2, 0.25) is 0 Å². The molecule has 3 aliphatic rings. The Morgan fingerprint density at radius 2 is 2.06 bits per heavy atom. The second-order valence-electron chi connectivity index (χ2n) is 5.02. The number of nitrogens with one attached hydrogen (secondary N) is 1. The number of carbonyl (C=O) groups is 1. The number of urea groups is 1. The summed E-state index contributed by atoms with van der Waals surface area (Å²) in [5, 5.41) is 2.97. The van der Waals surface area contributed by atoms with Crippen molar-refractivity contribution >= 4 is 6.03 Å². The Kier molecular flexibility index (Phi) is 2.50. The van der Waals surface area contributed by atoms with E-state index in [1.54, 1.807) is 0 Å². The van der Waals surface area contributed by atoms with E-state index in [0.717, 1.165) is 13.0 Å². The van der Waals surface area contributed by atoms with Crippen LogP contribution in [0.5, 0.6) is 0 Å². The van der Waals surface area contributed by atoms with Crippen LogP contribution in [0.4, 0.5) is 9.18 Å². The molecule has 2 atom stereocenters. The predicted octanol–water partition coefficient (Wildman–Crippen LogP) is 0.917. The molecule has 0 aromatic rings. The van der Waals surface area contributed by atoms with Gasteiger partial charge in [-0.1, -0.05) is 0 Å². The summed E-state index contributed by atoms with van der Waals surface area (Å²) in [6.07, 6.45) is 2.69. The lowest BCUT2D eigenvalue weighted by Crippen LogP contribution is -2.57. The van der Waals surface area contributed by atoms with Crippen molar-refractivity contribution < 1.29 is 13.9 Å². The lowest BCUT2D eigenvalue weighted by molar-refractivity contribution is 0.0699. The van der Waals surface area contributed by atoms with Crippen LogP contribution in [-0.4, -0.2) is 48.9 Å². The molecule has 1 N–H and O–H groups in total. The first-order valence-electron chi connectivity index (χ1n) is 6.05. The number of ether oxygens (including phenoxy) is 1. The summed E-state index contributed by atoms with van der Waals surface area (Å²) in [7, 11) is 0. The molecule has 0 aromatic heterocycles. The third-order valence-corrected chi connectivity index (χ3v) is 3.66. The molecular formula is C11H17FN2O2. The minimum absolute atomic E-state index is 0.130. The second-order valence-corrected chi connectivity index (χ2v) is 5.02. The Balaban J connectivity index is 1.51. The van der Waals surface area contributed by atoms with E-state index < -0.39 is 6.17 Å². The monoisotopic (exact) mass is 228 g/mol. The standard InChI is InChI=1S/C11H17FN2O2/c12-8-5-14(6-8)11(15)13-9-3-4-16-10(9)7-1-2-7/h7-10H,1-6H2,(H,13,15). The Morgan fingerprint density at radius 1 is 1.31 bits per heavy atom. The van der Waals surface area contributed by atoms with Crippen LogP contribution < -0.4 is 5.32 Å². The average molecular weight is 228 g/mol. The highest BCUT2D eigenvalue weighted by Crippen LogP contribution is 2.38. The molecule has 5 heteroatoms. The summed E-state index contributed by atoms with van der Waals surface area (Å²) in [4.78, 5) is 13.2. The summed E-state index contributed by atoms with van der Waals surface area (Å²) >= 11 is 0. The van der Waals surface area contributed by atoms with E-state index in [1.165, 1.54) is 17.7 Å². The van der Waals surface area contributed by atoms with Crippen molar-refractivity contribution in [1.82, 2.24) is 10.2 Å². The van der Waals surface area contributed by atoms with Crippen molar-refractivity contribution in [3.05, 3.63) is 0 Å². The summed E-state index contributed by atoms with van der Waals surface area (Å²) in [6.45, 7) is 1.22. The maximum atomic E-state index is 12.6. The fourth-order valence-electron chi connectivity index (χ4n) is 2.50. The van der Waals surface area contributed by atoms with E-state index in [0.29, 0.717) is 5.92 Å². The Morgan fingerprint density at radius 3 is 2.69 bits per heavy atom. The Labute approximate surface area is 94.1 Å². The van der Waals surface area contributed by atoms with Gasteiger partial charge in [0.05, 0.1) is 25.2 Å². The van der Waals surface area contributed by atoms with Crippen LogP contribution >= 0.6 is 0 Å². The van der Waals surface area contributed by atoms with Crippen LogP contribution in [0.1, 0.15) is 19.3 Å². The van der Waals surface area contributed by atoms with Crippen LogP contribution in [0.25, 0.3) is 0 Å². The lowest BCUT2D eigenvalue weighted by atomic mass is 10.1. The largest absolute Gasteiger partial charge is 0.376 e. The molecule has 1 aliphatic carbocycles. The summed E-state index contributed by atoms with van der Waals surface area (Å²) in [5.74, 6) is 0.637.